The van der Waals surface area contributed by atoms with Crippen LogP contribution in [0.1, 0.15) is 77.3 Å². The van der Waals surface area contributed by atoms with Crippen molar-refractivity contribution in [3.63, 3.8) is 0 Å². The fourth-order valence-corrected chi connectivity index (χ4v) is 7.18. The number of carboxylic acids is 1. The lowest BCUT2D eigenvalue weighted by Gasteiger charge is -2.31. The lowest BCUT2D eigenvalue weighted by Crippen LogP contribution is -2.41. The molecule has 11 heteroatoms. The lowest BCUT2D eigenvalue weighted by molar-refractivity contribution is -0.140. The minimum absolute atomic E-state index is 0.0424. The average Bonchev–Trinajstić information content (AvgIpc) is 3.61. The van der Waals surface area contributed by atoms with E-state index in [-0.39, 0.29) is 37.7 Å². The van der Waals surface area contributed by atoms with E-state index in [1.807, 2.05) is 0 Å². The smallest absolute Gasteiger partial charge is 0.419 e. The molecule has 1 fully saturated rings. The van der Waals surface area contributed by atoms with Gasteiger partial charge in [-0.25, -0.2) is 4.39 Å². The molecule has 2 atom stereocenters. The van der Waals surface area contributed by atoms with E-state index in [1.165, 1.54) is 0 Å². The Morgan fingerprint density at radius 3 is 2.43 bits per heavy atom. The Bertz CT molecular complexity index is 1640. The Hall–Kier alpha value is -3.83. The molecule has 252 valence electrons. The summed E-state index contributed by atoms with van der Waals surface area (Å²) in [4.78, 5) is 11.1. The van der Waals surface area contributed by atoms with Crippen LogP contribution >= 0.6 is 0 Å². The number of rotatable bonds is 10. The zero-order chi connectivity index (χ0) is 33.5. The second-order valence-corrected chi connectivity index (χ2v) is 12.9. The molecule has 0 radical (unpaired) electrons. The minimum Gasteiger partial charge on any atom is -0.493 e. The molecule has 0 saturated carbocycles. The fourth-order valence-electron chi connectivity index (χ4n) is 7.18. The molecule has 0 bridgehead atoms. The predicted octanol–water partition coefficient (Wildman–Crippen LogP) is 7.50. The Morgan fingerprint density at radius 2 is 1.74 bits per heavy atom. The van der Waals surface area contributed by atoms with Crippen molar-refractivity contribution in [2.24, 2.45) is 0 Å². The number of aryl methyl sites for hydroxylation is 2. The maximum absolute atomic E-state index is 15.7. The molecule has 3 aromatic carbocycles. The molecule has 2 aliphatic heterocycles. The molecule has 47 heavy (non-hydrogen) atoms. The van der Waals surface area contributed by atoms with E-state index in [4.69, 9.17) is 24.1 Å². The number of fused-ring (bicyclic) bond motifs is 2. The zero-order valence-corrected chi connectivity index (χ0v) is 26.3. The highest BCUT2D eigenvalue weighted by molar-refractivity contribution is 5.77. The van der Waals surface area contributed by atoms with E-state index in [1.54, 1.807) is 44.2 Å². The van der Waals surface area contributed by atoms with Crippen LogP contribution in [0.5, 0.6) is 17.2 Å². The summed E-state index contributed by atoms with van der Waals surface area (Å²) in [5, 5.41) is 19.9. The molecule has 3 aliphatic rings. The number of alkyl halides is 3. The second-order valence-electron chi connectivity index (χ2n) is 12.9. The Labute approximate surface area is 270 Å². The number of carbonyl (C=O) groups is 1. The summed E-state index contributed by atoms with van der Waals surface area (Å²) < 4.78 is 81.3. The third-order valence-electron chi connectivity index (χ3n) is 9.60. The number of carboxylic acid groups (broad SMARTS) is 1. The van der Waals surface area contributed by atoms with Crippen LogP contribution in [0.4, 0.5) is 17.6 Å². The van der Waals surface area contributed by atoms with E-state index in [0.717, 1.165) is 11.6 Å². The molecule has 2 heterocycles. The summed E-state index contributed by atoms with van der Waals surface area (Å²) in [6.45, 7) is 4.97. The number of aliphatic hydroxyl groups is 1. The van der Waals surface area contributed by atoms with E-state index in [9.17, 15) is 23.1 Å². The summed E-state index contributed by atoms with van der Waals surface area (Å²) in [7, 11) is 0. The minimum atomic E-state index is -4.88. The normalized spacial score (nSPS) is 20.0. The van der Waals surface area contributed by atoms with Gasteiger partial charge in [0.15, 0.2) is 0 Å². The van der Waals surface area contributed by atoms with Gasteiger partial charge in [-0.1, -0.05) is 6.07 Å². The maximum Gasteiger partial charge on any atom is 0.419 e. The van der Waals surface area contributed by atoms with Gasteiger partial charge in [0.1, 0.15) is 35.3 Å². The Balaban J connectivity index is 1.23. The quantitative estimate of drug-likeness (QED) is 0.218. The van der Waals surface area contributed by atoms with Crippen LogP contribution in [0.3, 0.4) is 0 Å². The molecule has 0 amide bonds. The highest BCUT2D eigenvalue weighted by atomic mass is 19.4. The second kappa shape index (κ2) is 13.0. The molecule has 3 aromatic rings. The number of aliphatic carboxylic acids is 1. The van der Waals surface area contributed by atoms with Gasteiger partial charge in [0.25, 0.3) is 0 Å². The van der Waals surface area contributed by atoms with Crippen LogP contribution in [-0.4, -0.2) is 54.8 Å². The van der Waals surface area contributed by atoms with Gasteiger partial charge in [-0.15, -0.1) is 0 Å². The summed E-state index contributed by atoms with van der Waals surface area (Å²) >= 11 is 0. The third kappa shape index (κ3) is 6.92. The molecule has 1 saturated heterocycles. The number of hydrogen-bond acceptors (Lipinski definition) is 6. The summed E-state index contributed by atoms with van der Waals surface area (Å²) in [6, 6.07) is 9.61. The molecular formula is C36H38F4O7. The molecule has 0 spiro atoms. The topological polar surface area (TPSA) is 94.5 Å². The van der Waals surface area contributed by atoms with Crippen LogP contribution in [0.2, 0.25) is 0 Å². The first-order valence-corrected chi connectivity index (χ1v) is 15.9. The zero-order valence-electron chi connectivity index (χ0n) is 26.3. The number of hydrogen-bond donors (Lipinski definition) is 2. The van der Waals surface area contributed by atoms with Crippen molar-refractivity contribution in [2.45, 2.75) is 76.0 Å². The molecular weight excluding hydrogens is 620 g/mol. The van der Waals surface area contributed by atoms with Crippen molar-refractivity contribution in [3.05, 3.63) is 75.6 Å². The van der Waals surface area contributed by atoms with Gasteiger partial charge >= 0.3 is 12.1 Å². The van der Waals surface area contributed by atoms with Crippen LogP contribution in [0.15, 0.2) is 36.4 Å². The van der Waals surface area contributed by atoms with Gasteiger partial charge < -0.3 is 29.2 Å². The van der Waals surface area contributed by atoms with Gasteiger partial charge in [-0.3, -0.25) is 4.79 Å². The Morgan fingerprint density at radius 1 is 1.02 bits per heavy atom. The standard InChI is InChI=1S/C36H38F4O7/c1-20-13-25(47-19-35(43)8-11-44-12-9-35)14-21(2)32(20)28-17-29(36(38,39)40)34(37)33-22(3-5-27(28)33)7-10-45-24-4-6-26-23(15-31(41)42)18-46-30(26)16-24/h4,6,13-14,16-17,22-23,43H,3,5,7-12,15,18-19H2,1-2H3,(H,41,42). The Kier molecular flexibility index (Phi) is 9.15. The van der Waals surface area contributed by atoms with Crippen LogP contribution in [0, 0.1) is 19.7 Å². The summed E-state index contributed by atoms with van der Waals surface area (Å²) in [5.41, 5.74) is 1.53. The van der Waals surface area contributed by atoms with Crippen molar-refractivity contribution < 1.29 is 51.5 Å². The van der Waals surface area contributed by atoms with E-state index >= 15 is 4.39 Å². The molecule has 7 nitrogen and oxygen atoms in total. The third-order valence-corrected chi connectivity index (χ3v) is 9.60. The van der Waals surface area contributed by atoms with Gasteiger partial charge in [-0.2, -0.15) is 13.2 Å². The van der Waals surface area contributed by atoms with Crippen LogP contribution in [-0.2, 0) is 22.1 Å². The highest BCUT2D eigenvalue weighted by Crippen LogP contribution is 2.48. The lowest BCUT2D eigenvalue weighted by atomic mass is 9.87. The van der Waals surface area contributed by atoms with Crippen molar-refractivity contribution in [2.75, 3.05) is 33.0 Å². The highest BCUT2D eigenvalue weighted by Gasteiger charge is 2.40. The summed E-state index contributed by atoms with van der Waals surface area (Å²) in [6.07, 6.45) is -2.81. The fraction of sp³-hybridized carbons (Fsp3) is 0.472. The molecule has 2 N–H and O–H groups in total. The molecule has 6 rings (SSSR count). The van der Waals surface area contributed by atoms with Gasteiger partial charge in [-0.05, 0) is 96.7 Å². The predicted molar refractivity (Wildman–Crippen MR) is 165 cm³/mol. The maximum atomic E-state index is 15.7. The number of halogens is 4. The average molecular weight is 659 g/mol. The van der Waals surface area contributed by atoms with Gasteiger partial charge in [0.2, 0.25) is 0 Å². The SMILES string of the molecule is Cc1cc(OCC2(O)CCOCC2)cc(C)c1-c1cc(C(F)(F)F)c(F)c2c1CCC2CCOc1ccc2c(c1)OCC2CC(=O)O. The van der Waals surface area contributed by atoms with Gasteiger partial charge in [0.05, 0.1) is 25.2 Å². The van der Waals surface area contributed by atoms with E-state index in [2.05, 4.69) is 0 Å². The first-order valence-electron chi connectivity index (χ1n) is 15.9. The van der Waals surface area contributed by atoms with E-state index < -0.39 is 35.0 Å². The van der Waals surface area contributed by atoms with Crippen molar-refractivity contribution in [1.29, 1.82) is 0 Å². The van der Waals surface area contributed by atoms with Crippen molar-refractivity contribution in [3.8, 4) is 28.4 Å². The van der Waals surface area contributed by atoms with Crippen LogP contribution in [0.25, 0.3) is 11.1 Å². The van der Waals surface area contributed by atoms with Crippen molar-refractivity contribution in [1.82, 2.24) is 0 Å². The van der Waals surface area contributed by atoms with Crippen molar-refractivity contribution >= 4 is 5.97 Å². The van der Waals surface area contributed by atoms with E-state index in [0.29, 0.717) is 90.4 Å². The first-order chi connectivity index (χ1) is 22.3. The molecule has 1 aliphatic carbocycles. The molecule has 0 aromatic heterocycles. The number of benzene rings is 3. The van der Waals surface area contributed by atoms with Gasteiger partial charge in [0, 0.05) is 43.6 Å². The monoisotopic (exact) mass is 658 g/mol. The largest absolute Gasteiger partial charge is 0.493 e. The number of ether oxygens (including phenoxy) is 4. The first kappa shape index (κ1) is 33.1. The molecule has 2 unspecified atom stereocenters. The summed E-state index contributed by atoms with van der Waals surface area (Å²) in [5.74, 6) is -1.32. The van der Waals surface area contributed by atoms with Crippen LogP contribution < -0.4 is 14.2 Å².